The van der Waals surface area contributed by atoms with Gasteiger partial charge in [-0.3, -0.25) is 4.79 Å². The summed E-state index contributed by atoms with van der Waals surface area (Å²) in [6.45, 7) is 5.44. The molecule has 1 amide bonds. The van der Waals surface area contributed by atoms with Crippen LogP contribution in [-0.2, 0) is 17.9 Å². The Morgan fingerprint density at radius 3 is 2.55 bits per heavy atom. The maximum atomic E-state index is 12.5. The Morgan fingerprint density at radius 2 is 1.70 bits per heavy atom. The largest absolute Gasteiger partial charge is 0.492 e. The minimum absolute atomic E-state index is 0.133. The van der Waals surface area contributed by atoms with Crippen molar-refractivity contribution >= 4 is 34.1 Å². The van der Waals surface area contributed by atoms with E-state index < -0.39 is 0 Å². The second-order valence-electron chi connectivity index (χ2n) is 7.18. The van der Waals surface area contributed by atoms with Crippen molar-refractivity contribution in [2.24, 2.45) is 0 Å². The van der Waals surface area contributed by atoms with Gasteiger partial charge in [-0.25, -0.2) is 0 Å². The third-order valence-electron chi connectivity index (χ3n) is 5.01. The minimum Gasteiger partial charge on any atom is -0.492 e. The molecule has 0 fully saturated rings. The smallest absolute Gasteiger partial charge is 0.234 e. The third-order valence-corrected chi connectivity index (χ3v) is 5.98. The maximum absolute atomic E-state index is 12.5. The van der Waals surface area contributed by atoms with Crippen LogP contribution < -0.4 is 14.8 Å². The first-order valence-electron chi connectivity index (χ1n) is 10.9. The van der Waals surface area contributed by atoms with Crippen LogP contribution in [0.4, 0.5) is 5.69 Å². The summed E-state index contributed by atoms with van der Waals surface area (Å²) < 4.78 is 13.6. The summed E-state index contributed by atoms with van der Waals surface area (Å²) in [6, 6.07) is 21.5. The Morgan fingerprint density at radius 1 is 0.939 bits per heavy atom. The van der Waals surface area contributed by atoms with E-state index in [4.69, 9.17) is 9.47 Å². The molecule has 0 bridgehead atoms. The Bertz CT molecular complexity index is 1240. The number of aromatic nitrogens is 3. The van der Waals surface area contributed by atoms with Crippen LogP contribution in [0, 0.1) is 0 Å². The summed E-state index contributed by atoms with van der Waals surface area (Å²) in [4.78, 5) is 12.5. The van der Waals surface area contributed by atoms with E-state index in [1.54, 1.807) is 0 Å². The lowest BCUT2D eigenvalue weighted by molar-refractivity contribution is -0.113. The number of carbonyl (C=O) groups is 1. The first kappa shape index (κ1) is 22.7. The quantitative estimate of drug-likeness (QED) is 0.328. The predicted molar refractivity (Wildman–Crippen MR) is 131 cm³/mol. The SMILES string of the molecule is CCOc1ccccc1NC(=O)CSc1nnc(COc2cccc3ccccc23)n1CC. The lowest BCUT2D eigenvalue weighted by atomic mass is 10.1. The number of ether oxygens (including phenoxy) is 2. The molecule has 1 heterocycles. The molecule has 1 N–H and O–H groups in total. The molecule has 170 valence electrons. The number of benzene rings is 3. The second-order valence-corrected chi connectivity index (χ2v) is 8.12. The first-order valence-corrected chi connectivity index (χ1v) is 11.8. The molecule has 0 aliphatic rings. The molecule has 3 aromatic carbocycles. The van der Waals surface area contributed by atoms with Gasteiger partial charge in [-0.15, -0.1) is 10.2 Å². The summed E-state index contributed by atoms with van der Waals surface area (Å²) >= 11 is 1.34. The number of carbonyl (C=O) groups excluding carboxylic acids is 1. The molecule has 1 aromatic heterocycles. The van der Waals surface area contributed by atoms with E-state index in [0.29, 0.717) is 36.4 Å². The van der Waals surface area contributed by atoms with Crippen LogP contribution >= 0.6 is 11.8 Å². The lowest BCUT2D eigenvalue weighted by Gasteiger charge is -2.12. The topological polar surface area (TPSA) is 78.3 Å². The maximum Gasteiger partial charge on any atom is 0.234 e. The van der Waals surface area contributed by atoms with Gasteiger partial charge in [0, 0.05) is 11.9 Å². The summed E-state index contributed by atoms with van der Waals surface area (Å²) in [5, 5.41) is 14.3. The third kappa shape index (κ3) is 5.46. The highest BCUT2D eigenvalue weighted by Gasteiger charge is 2.15. The van der Waals surface area contributed by atoms with Crippen molar-refractivity contribution in [3.63, 3.8) is 0 Å². The molecule has 0 unspecified atom stereocenters. The van der Waals surface area contributed by atoms with Crippen LogP contribution in [0.15, 0.2) is 71.9 Å². The van der Waals surface area contributed by atoms with Crippen molar-refractivity contribution in [3.05, 3.63) is 72.6 Å². The zero-order chi connectivity index (χ0) is 23.0. The van der Waals surface area contributed by atoms with E-state index in [0.717, 1.165) is 22.3 Å². The van der Waals surface area contributed by atoms with E-state index in [1.165, 1.54) is 11.8 Å². The molecular weight excluding hydrogens is 436 g/mol. The standard InChI is InChI=1S/C25H26N4O3S/c1-3-29-23(16-32-21-15-9-11-18-10-5-6-12-19(18)21)27-28-25(29)33-17-24(30)26-20-13-7-8-14-22(20)31-4-2/h5-15H,3-4,16-17H2,1-2H3,(H,26,30). The van der Waals surface area contributed by atoms with Gasteiger partial charge in [-0.05, 0) is 37.4 Å². The number of anilines is 1. The zero-order valence-electron chi connectivity index (χ0n) is 18.7. The van der Waals surface area contributed by atoms with E-state index in [-0.39, 0.29) is 11.7 Å². The van der Waals surface area contributed by atoms with Crippen LogP contribution in [0.3, 0.4) is 0 Å². The highest BCUT2D eigenvalue weighted by Crippen LogP contribution is 2.27. The number of rotatable bonds is 10. The number of fused-ring (bicyclic) bond motifs is 1. The molecule has 0 radical (unpaired) electrons. The van der Waals surface area contributed by atoms with Crippen LogP contribution in [0.5, 0.6) is 11.5 Å². The van der Waals surface area contributed by atoms with E-state index in [2.05, 4.69) is 27.6 Å². The summed E-state index contributed by atoms with van der Waals surface area (Å²) in [5.41, 5.74) is 0.658. The van der Waals surface area contributed by atoms with E-state index in [1.807, 2.05) is 73.0 Å². The number of para-hydroxylation sites is 2. The zero-order valence-corrected chi connectivity index (χ0v) is 19.5. The number of amides is 1. The Hall–Kier alpha value is -3.52. The van der Waals surface area contributed by atoms with Gasteiger partial charge in [0.2, 0.25) is 5.91 Å². The van der Waals surface area contributed by atoms with Gasteiger partial charge in [-0.2, -0.15) is 0 Å². The monoisotopic (exact) mass is 462 g/mol. The molecular formula is C25H26N4O3S. The van der Waals surface area contributed by atoms with Crippen LogP contribution in [-0.4, -0.2) is 33.0 Å². The molecule has 33 heavy (non-hydrogen) atoms. The first-order chi connectivity index (χ1) is 16.2. The molecule has 0 spiro atoms. The van der Waals surface area contributed by atoms with Crippen molar-refractivity contribution in [1.29, 1.82) is 0 Å². The van der Waals surface area contributed by atoms with Crippen LogP contribution in [0.1, 0.15) is 19.7 Å². The second kappa shape index (κ2) is 10.9. The van der Waals surface area contributed by atoms with Gasteiger partial charge in [0.25, 0.3) is 0 Å². The number of thioether (sulfide) groups is 1. The fraction of sp³-hybridized carbons (Fsp3) is 0.240. The molecule has 0 aliphatic heterocycles. The summed E-state index contributed by atoms with van der Waals surface area (Å²) in [5.74, 6) is 2.26. The normalized spacial score (nSPS) is 10.8. The molecule has 0 saturated carbocycles. The van der Waals surface area contributed by atoms with Gasteiger partial charge < -0.3 is 19.4 Å². The van der Waals surface area contributed by atoms with Gasteiger partial charge in [0.1, 0.15) is 18.1 Å². The molecule has 4 rings (SSSR count). The molecule has 0 aliphatic carbocycles. The van der Waals surface area contributed by atoms with E-state index >= 15 is 0 Å². The Labute approximate surface area is 197 Å². The highest BCUT2D eigenvalue weighted by molar-refractivity contribution is 7.99. The molecule has 0 saturated heterocycles. The molecule has 0 atom stereocenters. The fourth-order valence-corrected chi connectivity index (χ4v) is 4.30. The number of nitrogens with one attached hydrogen (secondary N) is 1. The van der Waals surface area contributed by atoms with Crippen molar-refractivity contribution in [1.82, 2.24) is 14.8 Å². The molecule has 8 heteroatoms. The van der Waals surface area contributed by atoms with Gasteiger partial charge in [0.05, 0.1) is 18.0 Å². The van der Waals surface area contributed by atoms with Gasteiger partial charge in [-0.1, -0.05) is 60.3 Å². The average Bonchev–Trinajstić information content (AvgIpc) is 3.24. The average molecular weight is 463 g/mol. The Kier molecular flexibility index (Phi) is 7.47. The van der Waals surface area contributed by atoms with Crippen molar-refractivity contribution < 1.29 is 14.3 Å². The van der Waals surface area contributed by atoms with Gasteiger partial charge in [0.15, 0.2) is 11.0 Å². The van der Waals surface area contributed by atoms with E-state index in [9.17, 15) is 4.79 Å². The highest BCUT2D eigenvalue weighted by atomic mass is 32.2. The number of hydrogen-bond donors (Lipinski definition) is 1. The number of nitrogens with zero attached hydrogens (tertiary/aromatic N) is 3. The van der Waals surface area contributed by atoms with Crippen molar-refractivity contribution in [2.75, 3.05) is 17.7 Å². The summed E-state index contributed by atoms with van der Waals surface area (Å²) in [7, 11) is 0. The van der Waals surface area contributed by atoms with Crippen LogP contribution in [0.25, 0.3) is 10.8 Å². The lowest BCUT2D eigenvalue weighted by Crippen LogP contribution is -2.15. The van der Waals surface area contributed by atoms with Crippen LogP contribution in [0.2, 0.25) is 0 Å². The summed E-state index contributed by atoms with van der Waals surface area (Å²) in [6.07, 6.45) is 0. The minimum atomic E-state index is -0.133. The fourth-order valence-electron chi connectivity index (χ4n) is 3.48. The molecule has 7 nitrogen and oxygen atoms in total. The van der Waals surface area contributed by atoms with Gasteiger partial charge >= 0.3 is 0 Å². The predicted octanol–water partition coefficient (Wildman–Crippen LogP) is 5.16. The Balaban J connectivity index is 1.39. The van der Waals surface area contributed by atoms with Crippen molar-refractivity contribution in [3.8, 4) is 11.5 Å². The van der Waals surface area contributed by atoms with Crippen molar-refractivity contribution in [2.45, 2.75) is 32.2 Å². The number of hydrogen-bond acceptors (Lipinski definition) is 6. The molecule has 4 aromatic rings.